The summed E-state index contributed by atoms with van der Waals surface area (Å²) in [5, 5.41) is 32.8. The van der Waals surface area contributed by atoms with Gasteiger partial charge < -0.3 is 49.6 Å². The van der Waals surface area contributed by atoms with Gasteiger partial charge in [0.15, 0.2) is 11.3 Å². The van der Waals surface area contributed by atoms with Crippen molar-refractivity contribution >= 4 is 61.2 Å². The molecule has 0 spiro atoms. The number of anilines is 5. The summed E-state index contributed by atoms with van der Waals surface area (Å²) >= 11 is 0. The minimum atomic E-state index is -3.66. The molecule has 2 aliphatic heterocycles. The van der Waals surface area contributed by atoms with Crippen molar-refractivity contribution in [1.82, 2.24) is 49.0 Å². The van der Waals surface area contributed by atoms with E-state index in [9.17, 15) is 28.6 Å². The molecule has 27 heteroatoms. The maximum Gasteiger partial charge on any atom is 0.328 e. The number of rotatable bonds is 13. The molecule has 2 aliphatic rings. The van der Waals surface area contributed by atoms with Crippen LogP contribution in [0.5, 0.6) is 35.0 Å². The van der Waals surface area contributed by atoms with E-state index in [-0.39, 0.29) is 61.3 Å². The Labute approximate surface area is 438 Å². The van der Waals surface area contributed by atoms with Crippen LogP contribution in [-0.2, 0) is 9.84 Å². The molecule has 0 aliphatic carbocycles. The van der Waals surface area contributed by atoms with Gasteiger partial charge in [-0.3, -0.25) is 20.2 Å². The summed E-state index contributed by atoms with van der Waals surface area (Å²) in [6.45, 7) is 8.24. The van der Waals surface area contributed by atoms with Crippen molar-refractivity contribution in [3.8, 4) is 35.0 Å². The molecule has 0 radical (unpaired) electrons. The van der Waals surface area contributed by atoms with Crippen LogP contribution in [0.3, 0.4) is 0 Å². The molecule has 10 rings (SSSR count). The lowest BCUT2D eigenvalue weighted by Crippen LogP contribution is -2.44. The zero-order valence-electron chi connectivity index (χ0n) is 40.9. The lowest BCUT2D eigenvalue weighted by atomic mass is 10.2. The molecule has 0 amide bonds. The molecule has 0 saturated carbocycles. The van der Waals surface area contributed by atoms with E-state index in [4.69, 9.17) is 24.7 Å². The van der Waals surface area contributed by atoms with E-state index in [1.807, 2.05) is 30.3 Å². The average molecular weight is 1070 g/mol. The van der Waals surface area contributed by atoms with Crippen molar-refractivity contribution in [2.75, 3.05) is 108 Å². The van der Waals surface area contributed by atoms with E-state index in [0.29, 0.717) is 22.8 Å². The zero-order valence-corrected chi connectivity index (χ0v) is 41.7. The number of nitrogen functional groups attached to an aromatic ring is 1. The Hall–Kier alpha value is -8.95. The summed E-state index contributed by atoms with van der Waals surface area (Å²) in [5.74, 6) is 2.06. The lowest BCUT2D eigenvalue weighted by Gasteiger charge is -2.34. The van der Waals surface area contributed by atoms with Crippen LogP contribution >= 0.6 is 0 Å². The van der Waals surface area contributed by atoms with Gasteiger partial charge in [-0.05, 0) is 50.5 Å². The molecular weight excluding hydrogens is 1000 g/mol. The number of hydrogen-bond donors (Lipinski definition) is 2. The van der Waals surface area contributed by atoms with E-state index < -0.39 is 24.8 Å². The molecule has 26 nitrogen and oxygen atoms in total. The maximum absolute atomic E-state index is 11.6. The largest absolute Gasteiger partial charge is 0.495 e. The topological polar surface area (TPSA) is 295 Å². The van der Waals surface area contributed by atoms with E-state index >= 15 is 0 Å². The number of methoxy groups -OCH3 is 2. The fourth-order valence-corrected chi connectivity index (χ4v) is 8.10. The van der Waals surface area contributed by atoms with Crippen molar-refractivity contribution in [3.63, 3.8) is 0 Å². The number of hydrogen-bond acceptors (Lipinski definition) is 22. The SMILES string of the molecule is C.C.COc1cc(N2CCN(C)CC2)ccc1N.COc1cc(N2CCN(C)CC2)ccc1Nc1nc(Oc2cccc([N+](=O)[O-])c2)n2nccc2n1.CS(=O)(=O)c1nc(Oc2cccc([N+](=O)[O-])c2)n2nccc2n1. The van der Waals surface area contributed by atoms with Crippen LogP contribution in [0.1, 0.15) is 14.9 Å². The lowest BCUT2D eigenvalue weighted by molar-refractivity contribution is -0.385. The number of aromatic nitrogens is 8. The van der Waals surface area contributed by atoms with Crippen LogP contribution in [0.2, 0.25) is 0 Å². The van der Waals surface area contributed by atoms with Crippen molar-refractivity contribution in [2.45, 2.75) is 20.0 Å². The number of nitro groups is 2. The second-order valence-electron chi connectivity index (χ2n) is 16.8. The number of nitro benzene ring substituents is 2. The summed E-state index contributed by atoms with van der Waals surface area (Å²) in [5.41, 5.74) is 9.93. The Kier molecular flexibility index (Phi) is 18.4. The smallest absolute Gasteiger partial charge is 0.328 e. The number of fused-ring (bicyclic) bond motifs is 2. The molecule has 2 fully saturated rings. The minimum absolute atomic E-state index is 0. The van der Waals surface area contributed by atoms with Crippen LogP contribution in [0.4, 0.5) is 40.1 Å². The van der Waals surface area contributed by atoms with Crippen molar-refractivity contribution in [2.24, 2.45) is 0 Å². The van der Waals surface area contributed by atoms with Crippen molar-refractivity contribution in [1.29, 1.82) is 0 Å². The van der Waals surface area contributed by atoms with Gasteiger partial charge in [-0.1, -0.05) is 27.0 Å². The first-order chi connectivity index (χ1) is 35.5. The molecule has 6 heterocycles. The number of sulfone groups is 1. The molecule has 2 saturated heterocycles. The quantitative estimate of drug-likeness (QED) is 0.0677. The van der Waals surface area contributed by atoms with Gasteiger partial charge in [0.2, 0.25) is 15.8 Å². The van der Waals surface area contributed by atoms with Crippen LogP contribution in [0, 0.1) is 20.2 Å². The van der Waals surface area contributed by atoms with E-state index in [0.717, 1.165) is 70.1 Å². The van der Waals surface area contributed by atoms with Crippen LogP contribution < -0.4 is 39.8 Å². The monoisotopic (exact) mass is 1060 g/mol. The predicted molar refractivity (Wildman–Crippen MR) is 288 cm³/mol. The predicted octanol–water partition coefficient (Wildman–Crippen LogP) is 6.86. The van der Waals surface area contributed by atoms with Gasteiger partial charge in [0.05, 0.1) is 60.0 Å². The third-order valence-electron chi connectivity index (χ3n) is 11.6. The standard InChI is InChI=1S/C23H24N8O4.C12H9N5O5S.C12H19N3O.2CH4/c1-28-10-12-29(13-11-28)16-6-7-19(20(15-16)34-2)25-22-26-21-8-9-24-30(21)23(27-22)35-18-5-3-4-17(14-18)31(32)33;1-23(20,21)11-14-10-5-6-13-16(10)12(15-11)22-9-4-2-3-8(7-9)17(18)19;1-14-5-7-15(8-6-14)10-3-4-11(13)12(9-10)16-2;;/h3-9,14-15H,10-13H2,1-2H3,(H,25,26);2-7H,1H3;3-4,9H,5-8,13H2,1-2H3;2*1H4. The summed E-state index contributed by atoms with van der Waals surface area (Å²) in [6.07, 6.45) is 3.93. The normalized spacial score (nSPS) is 13.7. The Morgan fingerprint density at radius 3 is 1.57 bits per heavy atom. The molecule has 0 bridgehead atoms. The molecule has 3 N–H and O–H groups in total. The van der Waals surface area contributed by atoms with Gasteiger partial charge in [0, 0.05) is 106 Å². The first kappa shape index (κ1) is 56.3. The number of piperazine rings is 2. The van der Waals surface area contributed by atoms with Crippen LogP contribution in [-0.4, -0.2) is 154 Å². The molecule has 402 valence electrons. The van der Waals surface area contributed by atoms with E-state index in [1.165, 1.54) is 63.4 Å². The second-order valence-corrected chi connectivity index (χ2v) is 18.7. The van der Waals surface area contributed by atoms with Crippen molar-refractivity contribution in [3.05, 3.63) is 130 Å². The Balaban J connectivity index is 0.000000197. The highest BCUT2D eigenvalue weighted by Gasteiger charge is 2.21. The highest BCUT2D eigenvalue weighted by Crippen LogP contribution is 2.34. The number of nitrogens with zero attached hydrogens (tertiary/aromatic N) is 14. The molecule has 8 aromatic rings. The third kappa shape index (κ3) is 13.8. The number of ether oxygens (including phenoxy) is 4. The van der Waals surface area contributed by atoms with E-state index in [1.54, 1.807) is 38.6 Å². The van der Waals surface area contributed by atoms with Gasteiger partial charge >= 0.3 is 12.0 Å². The molecule has 4 aromatic heterocycles. The highest BCUT2D eigenvalue weighted by atomic mass is 32.2. The second kappa shape index (κ2) is 24.9. The summed E-state index contributed by atoms with van der Waals surface area (Å²) in [7, 11) is 3.89. The van der Waals surface area contributed by atoms with Gasteiger partial charge in [0.1, 0.15) is 23.0 Å². The highest BCUT2D eigenvalue weighted by molar-refractivity contribution is 7.90. The Morgan fingerprint density at radius 1 is 0.605 bits per heavy atom. The van der Waals surface area contributed by atoms with Crippen LogP contribution in [0.15, 0.2) is 115 Å². The summed E-state index contributed by atoms with van der Waals surface area (Å²) in [6, 6.07) is 26.3. The molecular formula is C49H60N16O10S. The number of non-ortho nitro benzene ring substituents is 2. The number of likely N-dealkylation sites (N-methyl/N-ethyl adjacent to an activating group) is 2. The maximum atomic E-state index is 11.6. The molecule has 0 unspecified atom stereocenters. The minimum Gasteiger partial charge on any atom is -0.495 e. The van der Waals surface area contributed by atoms with Crippen LogP contribution in [0.25, 0.3) is 11.3 Å². The first-order valence-corrected chi connectivity index (χ1v) is 24.7. The fourth-order valence-electron chi connectivity index (χ4n) is 7.59. The van der Waals surface area contributed by atoms with Gasteiger partial charge in [-0.25, -0.2) is 8.42 Å². The Bertz CT molecular complexity index is 3400. The molecule has 76 heavy (non-hydrogen) atoms. The number of nitrogens with two attached hydrogens (primary N) is 1. The first-order valence-electron chi connectivity index (χ1n) is 22.8. The summed E-state index contributed by atoms with van der Waals surface area (Å²) < 4.78 is 48.1. The van der Waals surface area contributed by atoms with E-state index in [2.05, 4.69) is 75.2 Å². The fraction of sp³-hybridized carbons (Fsp3) is 0.306. The van der Waals surface area contributed by atoms with Crippen molar-refractivity contribution < 1.29 is 37.2 Å². The zero-order chi connectivity index (χ0) is 52.5. The number of benzene rings is 4. The summed E-state index contributed by atoms with van der Waals surface area (Å²) in [4.78, 5) is 46.8. The third-order valence-corrected chi connectivity index (χ3v) is 12.5. The molecule has 4 aromatic carbocycles. The van der Waals surface area contributed by atoms with Gasteiger partial charge in [0.25, 0.3) is 16.5 Å². The Morgan fingerprint density at radius 2 is 1.08 bits per heavy atom. The number of nitrogens with one attached hydrogen (secondary N) is 1. The van der Waals surface area contributed by atoms with Gasteiger partial charge in [-0.2, -0.15) is 39.2 Å². The molecule has 0 atom stereocenters. The average Bonchev–Trinajstić information content (AvgIpc) is 4.09. The van der Waals surface area contributed by atoms with Gasteiger partial charge in [-0.15, -0.1) is 0 Å².